The van der Waals surface area contributed by atoms with Gasteiger partial charge in [0.25, 0.3) is 5.91 Å². The Morgan fingerprint density at radius 3 is 2.81 bits per heavy atom. The molecule has 1 heterocycles. The number of fused-ring (bicyclic) bond motifs is 2. The van der Waals surface area contributed by atoms with Gasteiger partial charge in [0.2, 0.25) is 0 Å². The maximum atomic E-state index is 14.2. The lowest BCUT2D eigenvalue weighted by molar-refractivity contribution is -0.191. The number of carbonyl (C=O) groups is 1. The average molecular weight is 393 g/mol. The molecular formula is C18H14ClFN2O3S. The lowest BCUT2D eigenvalue weighted by atomic mass is 10.1. The van der Waals surface area contributed by atoms with E-state index in [9.17, 15) is 9.18 Å². The number of rotatable bonds is 2. The van der Waals surface area contributed by atoms with Crippen LogP contribution in [0.4, 0.5) is 4.39 Å². The van der Waals surface area contributed by atoms with E-state index in [1.54, 1.807) is 6.07 Å². The van der Waals surface area contributed by atoms with Crippen molar-refractivity contribution < 1.29 is 18.8 Å². The molecule has 4 rings (SSSR count). The lowest BCUT2D eigenvalue weighted by Crippen LogP contribution is -2.28. The van der Waals surface area contributed by atoms with E-state index in [1.807, 2.05) is 18.2 Å². The summed E-state index contributed by atoms with van der Waals surface area (Å²) in [5, 5.41) is 3.65. The predicted molar refractivity (Wildman–Crippen MR) is 94.1 cm³/mol. The Bertz CT molecular complexity index is 900. The molecule has 0 saturated carbocycles. The number of carbonyl (C=O) groups excluding carboxylic acids is 3. The van der Waals surface area contributed by atoms with Crippen molar-refractivity contribution >= 4 is 35.6 Å². The van der Waals surface area contributed by atoms with E-state index in [2.05, 4.69) is 10.0 Å². The first kappa shape index (κ1) is 18.6. The molecule has 1 aliphatic carbocycles. The van der Waals surface area contributed by atoms with Crippen molar-refractivity contribution in [1.82, 2.24) is 10.0 Å². The second-order valence-electron chi connectivity index (χ2n) is 5.85. The van der Waals surface area contributed by atoms with Gasteiger partial charge in [-0.25, -0.2) is 4.39 Å². The number of hydrogen-bond donors (Lipinski definition) is 2. The zero-order valence-corrected chi connectivity index (χ0v) is 15.0. The third-order valence-electron chi connectivity index (χ3n) is 4.33. The van der Waals surface area contributed by atoms with Crippen LogP contribution in [-0.2, 0) is 22.6 Å². The Labute approximate surface area is 158 Å². The van der Waals surface area contributed by atoms with Gasteiger partial charge in [-0.15, -0.1) is 0 Å². The van der Waals surface area contributed by atoms with Crippen molar-refractivity contribution in [2.45, 2.75) is 30.3 Å². The van der Waals surface area contributed by atoms with Crippen LogP contribution in [0.2, 0.25) is 5.02 Å². The first-order valence-electron chi connectivity index (χ1n) is 7.84. The monoisotopic (exact) mass is 392 g/mol. The summed E-state index contributed by atoms with van der Waals surface area (Å²) in [5.41, 5.74) is 3.21. The van der Waals surface area contributed by atoms with E-state index in [0.717, 1.165) is 34.4 Å². The molecule has 134 valence electrons. The molecule has 0 aromatic heterocycles. The zero-order chi connectivity index (χ0) is 18.7. The topological polar surface area (TPSA) is 75.3 Å². The Morgan fingerprint density at radius 2 is 2.04 bits per heavy atom. The van der Waals surface area contributed by atoms with E-state index >= 15 is 0 Å². The molecule has 0 radical (unpaired) electrons. The summed E-state index contributed by atoms with van der Waals surface area (Å²) in [6.07, 6.45) is 1.93. The minimum atomic E-state index is -0.472. The molecule has 0 fully saturated rings. The average Bonchev–Trinajstić information content (AvgIpc) is 3.21. The molecule has 0 bridgehead atoms. The number of hydrogen-bond acceptors (Lipinski definition) is 5. The van der Waals surface area contributed by atoms with Crippen molar-refractivity contribution in [3.05, 3.63) is 63.4 Å². The molecule has 1 aliphatic heterocycles. The number of halogens is 2. The largest absolute Gasteiger partial charge is 0.373 e. The summed E-state index contributed by atoms with van der Waals surface area (Å²) >= 11 is 7.43. The lowest BCUT2D eigenvalue weighted by Gasteiger charge is -2.15. The Morgan fingerprint density at radius 1 is 1.27 bits per heavy atom. The van der Waals surface area contributed by atoms with Crippen LogP contribution < -0.4 is 10.0 Å². The highest BCUT2D eigenvalue weighted by molar-refractivity contribution is 7.97. The van der Waals surface area contributed by atoms with E-state index in [0.29, 0.717) is 11.6 Å². The highest BCUT2D eigenvalue weighted by Gasteiger charge is 2.26. The van der Waals surface area contributed by atoms with Crippen molar-refractivity contribution in [2.24, 2.45) is 0 Å². The van der Waals surface area contributed by atoms with Gasteiger partial charge in [-0.05, 0) is 65.7 Å². The fourth-order valence-electron chi connectivity index (χ4n) is 3.17. The molecule has 26 heavy (non-hydrogen) atoms. The van der Waals surface area contributed by atoms with Crippen LogP contribution in [0.15, 0.2) is 35.2 Å². The molecule has 8 heteroatoms. The summed E-state index contributed by atoms with van der Waals surface area (Å²) in [4.78, 5) is 29.7. The van der Waals surface area contributed by atoms with Crippen LogP contribution >= 0.6 is 23.5 Å². The van der Waals surface area contributed by atoms with E-state index < -0.39 is 5.82 Å². The Balaban J connectivity index is 0.000000613. The predicted octanol–water partition coefficient (Wildman–Crippen LogP) is 3.42. The van der Waals surface area contributed by atoms with Gasteiger partial charge in [0.05, 0.1) is 11.6 Å². The third-order valence-corrected chi connectivity index (χ3v) is 5.45. The Kier molecular flexibility index (Phi) is 5.74. The van der Waals surface area contributed by atoms with Crippen LogP contribution in [-0.4, -0.2) is 12.1 Å². The van der Waals surface area contributed by atoms with Crippen LogP contribution in [0.3, 0.4) is 0 Å². The fraction of sp³-hybridized carbons (Fsp3) is 0.222. The molecule has 2 aliphatic rings. The summed E-state index contributed by atoms with van der Waals surface area (Å²) < 4.78 is 17.3. The quantitative estimate of drug-likeness (QED) is 0.766. The molecular weight excluding hydrogens is 379 g/mol. The van der Waals surface area contributed by atoms with E-state index in [4.69, 9.17) is 21.2 Å². The normalized spacial score (nSPS) is 16.8. The number of aryl methyl sites for hydroxylation is 1. The van der Waals surface area contributed by atoms with Crippen molar-refractivity contribution in [1.29, 1.82) is 0 Å². The van der Waals surface area contributed by atoms with Gasteiger partial charge >= 0.3 is 6.15 Å². The van der Waals surface area contributed by atoms with Crippen molar-refractivity contribution in [3.8, 4) is 0 Å². The van der Waals surface area contributed by atoms with Gasteiger partial charge in [0.15, 0.2) is 0 Å². The molecule has 0 spiro atoms. The highest BCUT2D eigenvalue weighted by atomic mass is 35.5. The molecule has 0 saturated heterocycles. The Hall–Kier alpha value is -2.18. The summed E-state index contributed by atoms with van der Waals surface area (Å²) in [6.45, 7) is 0.621. The second-order valence-corrected chi connectivity index (χ2v) is 7.22. The third kappa shape index (κ3) is 3.81. The van der Waals surface area contributed by atoms with Gasteiger partial charge in [-0.3, -0.25) is 9.52 Å². The van der Waals surface area contributed by atoms with Gasteiger partial charge < -0.3 is 5.32 Å². The van der Waals surface area contributed by atoms with Crippen molar-refractivity contribution in [3.63, 3.8) is 0 Å². The molecule has 1 amide bonds. The van der Waals surface area contributed by atoms with Gasteiger partial charge in [0.1, 0.15) is 5.82 Å². The molecule has 2 aromatic rings. The zero-order valence-electron chi connectivity index (χ0n) is 13.5. The highest BCUT2D eigenvalue weighted by Crippen LogP contribution is 2.34. The molecule has 0 unspecified atom stereocenters. The van der Waals surface area contributed by atoms with Crippen LogP contribution in [0.1, 0.15) is 39.5 Å². The molecule has 2 N–H and O–H groups in total. The standard InChI is InChI=1S/C17H14ClFN2OS.CO2/c18-11-2-3-12-9(5-11)1-4-15(12)21-17(22)13-7-16-10(6-14(13)19)8-20-23-16;2-1-3/h2-3,5-7,15,20H,1,4,8H2,(H,21,22);/t15-;/m1./s1. The fourth-order valence-corrected chi connectivity index (χ4v) is 4.18. The van der Waals surface area contributed by atoms with Crippen LogP contribution in [0.25, 0.3) is 0 Å². The van der Waals surface area contributed by atoms with Crippen molar-refractivity contribution in [2.75, 3.05) is 0 Å². The van der Waals surface area contributed by atoms with Gasteiger partial charge in [-0.1, -0.05) is 17.7 Å². The van der Waals surface area contributed by atoms with Gasteiger partial charge in [0, 0.05) is 16.5 Å². The molecule has 5 nitrogen and oxygen atoms in total. The van der Waals surface area contributed by atoms with E-state index in [1.165, 1.54) is 18.0 Å². The van der Waals surface area contributed by atoms with E-state index in [-0.39, 0.29) is 23.7 Å². The number of amides is 1. The minimum absolute atomic E-state index is 0.0896. The molecule has 2 aromatic carbocycles. The maximum absolute atomic E-state index is 14.2. The minimum Gasteiger partial charge on any atom is -0.345 e. The first-order valence-corrected chi connectivity index (χ1v) is 9.03. The van der Waals surface area contributed by atoms with Crippen LogP contribution in [0, 0.1) is 5.82 Å². The number of benzene rings is 2. The summed E-state index contributed by atoms with van der Waals surface area (Å²) in [7, 11) is 0. The molecule has 1 atom stereocenters. The second kappa shape index (κ2) is 8.01. The van der Waals surface area contributed by atoms with Crippen LogP contribution in [0.5, 0.6) is 0 Å². The number of nitrogens with one attached hydrogen (secondary N) is 2. The maximum Gasteiger partial charge on any atom is 0.373 e. The summed E-state index contributed by atoms with van der Waals surface area (Å²) in [6, 6.07) is 8.68. The first-order chi connectivity index (χ1) is 12.5. The smallest absolute Gasteiger partial charge is 0.345 e. The summed E-state index contributed by atoms with van der Waals surface area (Å²) in [5.74, 6) is -0.842. The SMILES string of the molecule is O=C(N[C@@H]1CCc2cc(Cl)ccc21)c1cc2c(cc1F)CNS2.O=C=O. The van der Waals surface area contributed by atoms with Gasteiger partial charge in [-0.2, -0.15) is 9.59 Å².